The Morgan fingerprint density at radius 1 is 1.50 bits per heavy atom. The maximum absolute atomic E-state index is 12.0. The average Bonchev–Trinajstić information content (AvgIpc) is 2.69. The fraction of sp³-hybridized carbons (Fsp3) is 0.714. The zero-order valence-electron chi connectivity index (χ0n) is 12.8. The number of carbonyl (C=O) groups excluding carboxylic acids is 1. The Kier molecular flexibility index (Phi) is 6.58. The molecule has 0 aliphatic heterocycles. The van der Waals surface area contributed by atoms with E-state index in [1.807, 2.05) is 12.3 Å². The lowest BCUT2D eigenvalue weighted by Gasteiger charge is -2.29. The lowest BCUT2D eigenvalue weighted by molar-refractivity contribution is -0.117. The van der Waals surface area contributed by atoms with Crippen LogP contribution in [0.15, 0.2) is 5.38 Å². The molecule has 1 rings (SSSR count). The van der Waals surface area contributed by atoms with Crippen molar-refractivity contribution < 1.29 is 9.90 Å². The SMILES string of the molecule is Cc1csc(NC(=O)CN(CCCO)CC(C)(C)C)n1. The highest BCUT2D eigenvalue weighted by Crippen LogP contribution is 2.17. The first kappa shape index (κ1) is 17.1. The number of carbonyl (C=O) groups is 1. The Hall–Kier alpha value is -0.980. The van der Waals surface area contributed by atoms with Gasteiger partial charge >= 0.3 is 0 Å². The molecule has 1 aromatic heterocycles. The topological polar surface area (TPSA) is 65.5 Å². The van der Waals surface area contributed by atoms with Gasteiger partial charge in [-0.15, -0.1) is 11.3 Å². The standard InChI is InChI=1S/C14H25N3O2S/c1-11-9-20-13(15-11)16-12(19)8-17(6-5-7-18)10-14(2,3)4/h9,18H,5-8,10H2,1-4H3,(H,15,16,19). The average molecular weight is 299 g/mol. The molecule has 20 heavy (non-hydrogen) atoms. The first-order valence-electron chi connectivity index (χ1n) is 6.85. The summed E-state index contributed by atoms with van der Waals surface area (Å²) in [5.41, 5.74) is 1.03. The summed E-state index contributed by atoms with van der Waals surface area (Å²) in [5.74, 6) is -0.0541. The molecule has 1 amide bonds. The van der Waals surface area contributed by atoms with Gasteiger partial charge in [-0.3, -0.25) is 9.69 Å². The van der Waals surface area contributed by atoms with Crippen LogP contribution in [0, 0.1) is 12.3 Å². The second kappa shape index (κ2) is 7.71. The molecule has 0 aliphatic rings. The van der Waals surface area contributed by atoms with Gasteiger partial charge in [-0.2, -0.15) is 0 Å². The number of anilines is 1. The molecule has 0 unspecified atom stereocenters. The number of amides is 1. The summed E-state index contributed by atoms with van der Waals surface area (Å²) in [4.78, 5) is 18.3. The van der Waals surface area contributed by atoms with Crippen molar-refractivity contribution in [2.45, 2.75) is 34.1 Å². The Balaban J connectivity index is 2.52. The third-order valence-electron chi connectivity index (χ3n) is 2.56. The van der Waals surface area contributed by atoms with E-state index in [1.165, 1.54) is 11.3 Å². The second-order valence-electron chi connectivity index (χ2n) is 6.19. The highest BCUT2D eigenvalue weighted by molar-refractivity contribution is 7.13. The van der Waals surface area contributed by atoms with E-state index < -0.39 is 0 Å². The maximum Gasteiger partial charge on any atom is 0.240 e. The van der Waals surface area contributed by atoms with Gasteiger partial charge in [-0.25, -0.2) is 4.98 Å². The molecule has 0 aromatic carbocycles. The predicted molar refractivity (Wildman–Crippen MR) is 83.1 cm³/mol. The summed E-state index contributed by atoms with van der Waals surface area (Å²) < 4.78 is 0. The van der Waals surface area contributed by atoms with Crippen LogP contribution in [0.3, 0.4) is 0 Å². The zero-order chi connectivity index (χ0) is 15.2. The molecule has 5 nitrogen and oxygen atoms in total. The molecule has 0 atom stereocenters. The van der Waals surface area contributed by atoms with Gasteiger partial charge in [0, 0.05) is 25.1 Å². The highest BCUT2D eigenvalue weighted by Gasteiger charge is 2.18. The van der Waals surface area contributed by atoms with E-state index in [0.29, 0.717) is 18.1 Å². The van der Waals surface area contributed by atoms with Crippen LogP contribution in [0.2, 0.25) is 0 Å². The highest BCUT2D eigenvalue weighted by atomic mass is 32.1. The van der Waals surface area contributed by atoms with Gasteiger partial charge in [0.25, 0.3) is 0 Å². The Labute approximate surface area is 125 Å². The van der Waals surface area contributed by atoms with Crippen LogP contribution in [0.5, 0.6) is 0 Å². The third-order valence-corrected chi connectivity index (χ3v) is 3.44. The number of aliphatic hydroxyl groups is 1. The largest absolute Gasteiger partial charge is 0.396 e. The summed E-state index contributed by atoms with van der Waals surface area (Å²) in [6.07, 6.45) is 0.680. The van der Waals surface area contributed by atoms with Crippen LogP contribution in [-0.4, -0.2) is 47.1 Å². The molecular formula is C14H25N3O2S. The number of rotatable bonds is 7. The van der Waals surface area contributed by atoms with Crippen LogP contribution < -0.4 is 5.32 Å². The fourth-order valence-corrected chi connectivity index (χ4v) is 2.66. The summed E-state index contributed by atoms with van der Waals surface area (Å²) in [6, 6.07) is 0. The van der Waals surface area contributed by atoms with Gasteiger partial charge in [0.05, 0.1) is 12.2 Å². The molecule has 1 aromatic rings. The Morgan fingerprint density at radius 3 is 2.70 bits per heavy atom. The lowest BCUT2D eigenvalue weighted by Crippen LogP contribution is -2.39. The Bertz CT molecular complexity index is 426. The maximum atomic E-state index is 12.0. The van der Waals surface area contributed by atoms with Crippen molar-refractivity contribution in [3.63, 3.8) is 0 Å². The number of hydrogen-bond donors (Lipinski definition) is 2. The molecule has 0 saturated heterocycles. The van der Waals surface area contributed by atoms with Crippen molar-refractivity contribution in [3.05, 3.63) is 11.1 Å². The number of thiazole rings is 1. The predicted octanol–water partition coefficient (Wildman–Crippen LogP) is 2.12. The van der Waals surface area contributed by atoms with Crippen molar-refractivity contribution in [3.8, 4) is 0 Å². The smallest absolute Gasteiger partial charge is 0.240 e. The van der Waals surface area contributed by atoms with Gasteiger partial charge in [0.2, 0.25) is 5.91 Å². The number of nitrogens with zero attached hydrogens (tertiary/aromatic N) is 2. The van der Waals surface area contributed by atoms with Crippen molar-refractivity contribution >= 4 is 22.4 Å². The van der Waals surface area contributed by atoms with Crippen LogP contribution >= 0.6 is 11.3 Å². The minimum absolute atomic E-state index is 0.0541. The molecule has 0 bridgehead atoms. The van der Waals surface area contributed by atoms with Gasteiger partial charge in [0.1, 0.15) is 0 Å². The summed E-state index contributed by atoms with van der Waals surface area (Å²) in [7, 11) is 0. The van der Waals surface area contributed by atoms with Crippen LogP contribution in [0.4, 0.5) is 5.13 Å². The van der Waals surface area contributed by atoms with Gasteiger partial charge in [-0.1, -0.05) is 20.8 Å². The molecule has 2 N–H and O–H groups in total. The molecule has 1 heterocycles. The van der Waals surface area contributed by atoms with Gasteiger partial charge < -0.3 is 10.4 Å². The van der Waals surface area contributed by atoms with E-state index in [2.05, 4.69) is 36.0 Å². The van der Waals surface area contributed by atoms with Crippen LogP contribution in [0.25, 0.3) is 0 Å². The second-order valence-corrected chi connectivity index (χ2v) is 7.05. The van der Waals surface area contributed by atoms with Crippen molar-refractivity contribution in [1.82, 2.24) is 9.88 Å². The molecule has 0 saturated carbocycles. The first-order valence-corrected chi connectivity index (χ1v) is 7.73. The van der Waals surface area contributed by atoms with E-state index in [-0.39, 0.29) is 17.9 Å². The van der Waals surface area contributed by atoms with Crippen LogP contribution in [-0.2, 0) is 4.79 Å². The van der Waals surface area contributed by atoms with E-state index in [9.17, 15) is 4.79 Å². The third kappa shape index (κ3) is 6.98. The first-order chi connectivity index (χ1) is 9.30. The Morgan fingerprint density at radius 2 is 2.20 bits per heavy atom. The van der Waals surface area contributed by atoms with E-state index in [1.54, 1.807) is 0 Å². The van der Waals surface area contributed by atoms with Gasteiger partial charge in [-0.05, 0) is 18.8 Å². The molecule has 0 aliphatic carbocycles. The summed E-state index contributed by atoms with van der Waals surface area (Å²) in [6.45, 7) is 10.3. The molecule has 0 fully saturated rings. The van der Waals surface area contributed by atoms with Gasteiger partial charge in [0.15, 0.2) is 5.13 Å². The van der Waals surface area contributed by atoms with Crippen molar-refractivity contribution in [2.75, 3.05) is 31.6 Å². The summed E-state index contributed by atoms with van der Waals surface area (Å²) in [5, 5.41) is 14.3. The number of aromatic nitrogens is 1. The minimum atomic E-state index is -0.0541. The summed E-state index contributed by atoms with van der Waals surface area (Å²) >= 11 is 1.43. The monoisotopic (exact) mass is 299 g/mol. The van der Waals surface area contributed by atoms with E-state index in [4.69, 9.17) is 5.11 Å². The van der Waals surface area contributed by atoms with E-state index in [0.717, 1.165) is 18.8 Å². The van der Waals surface area contributed by atoms with E-state index >= 15 is 0 Å². The number of hydrogen-bond acceptors (Lipinski definition) is 5. The zero-order valence-corrected chi connectivity index (χ0v) is 13.6. The molecule has 114 valence electrons. The normalized spacial score (nSPS) is 11.9. The number of aliphatic hydroxyl groups excluding tert-OH is 1. The number of aryl methyl sites for hydroxylation is 1. The van der Waals surface area contributed by atoms with Crippen molar-refractivity contribution in [2.24, 2.45) is 5.41 Å². The molecule has 0 spiro atoms. The lowest BCUT2D eigenvalue weighted by atomic mass is 9.96. The molecule has 0 radical (unpaired) electrons. The van der Waals surface area contributed by atoms with Crippen molar-refractivity contribution in [1.29, 1.82) is 0 Å². The fourth-order valence-electron chi connectivity index (χ4n) is 1.95. The van der Waals surface area contributed by atoms with Crippen LogP contribution in [0.1, 0.15) is 32.9 Å². The molecule has 6 heteroatoms. The molecular weight excluding hydrogens is 274 g/mol. The number of nitrogens with one attached hydrogen (secondary N) is 1. The quantitative estimate of drug-likeness (QED) is 0.809. The minimum Gasteiger partial charge on any atom is -0.396 e.